The van der Waals surface area contributed by atoms with Crippen molar-refractivity contribution in [2.24, 2.45) is 0 Å². The first-order chi connectivity index (χ1) is 15.1. The van der Waals surface area contributed by atoms with E-state index in [2.05, 4.69) is 31.2 Å². The lowest BCUT2D eigenvalue weighted by Crippen LogP contribution is -2.22. The van der Waals surface area contributed by atoms with Gasteiger partial charge in [0.1, 0.15) is 5.82 Å². The Balaban J connectivity index is 0.000000360. The molecule has 4 rings (SSSR count). The molecule has 1 amide bonds. The zero-order chi connectivity index (χ0) is 23.5. The summed E-state index contributed by atoms with van der Waals surface area (Å²) in [6, 6.07) is 10.1. The summed E-state index contributed by atoms with van der Waals surface area (Å²) in [6.07, 6.45) is -1.68. The van der Waals surface area contributed by atoms with Crippen LogP contribution >= 0.6 is 15.9 Å². The molecule has 0 unspecified atom stereocenters. The molecule has 0 spiro atoms. The second-order valence-electron chi connectivity index (χ2n) is 6.77. The van der Waals surface area contributed by atoms with Crippen LogP contribution in [-0.2, 0) is 11.2 Å². The van der Waals surface area contributed by atoms with Crippen molar-refractivity contribution in [3.8, 4) is 22.5 Å². The van der Waals surface area contributed by atoms with Crippen LogP contribution in [0.3, 0.4) is 0 Å². The van der Waals surface area contributed by atoms with Crippen LogP contribution in [0.4, 0.5) is 17.6 Å². The number of aromatic nitrogens is 2. The number of aliphatic carboxylic acids is 1. The van der Waals surface area contributed by atoms with Crippen LogP contribution in [0.25, 0.3) is 22.5 Å². The van der Waals surface area contributed by atoms with Crippen molar-refractivity contribution in [3.05, 3.63) is 64.1 Å². The number of fused-ring (bicyclic) bond motifs is 1. The van der Waals surface area contributed by atoms with E-state index in [0.29, 0.717) is 23.4 Å². The van der Waals surface area contributed by atoms with Crippen molar-refractivity contribution in [2.75, 3.05) is 6.54 Å². The van der Waals surface area contributed by atoms with Crippen LogP contribution in [0.1, 0.15) is 22.5 Å². The molecule has 0 saturated carbocycles. The van der Waals surface area contributed by atoms with Crippen molar-refractivity contribution < 1.29 is 32.3 Å². The highest BCUT2D eigenvalue weighted by Crippen LogP contribution is 2.35. The Hall–Kier alpha value is -3.21. The number of carbonyl (C=O) groups excluding carboxylic acids is 1. The minimum Gasteiger partial charge on any atom is -0.475 e. The van der Waals surface area contributed by atoms with E-state index in [4.69, 9.17) is 9.90 Å². The smallest absolute Gasteiger partial charge is 0.475 e. The predicted octanol–water partition coefficient (Wildman–Crippen LogP) is 4.95. The Kier molecular flexibility index (Phi) is 6.97. The number of pyridine rings is 1. The first-order valence-electron chi connectivity index (χ1n) is 9.29. The number of carboxylic acid groups (broad SMARTS) is 1. The number of hydrogen-bond acceptors (Lipinski definition) is 3. The Morgan fingerprint density at radius 3 is 2.53 bits per heavy atom. The lowest BCUT2D eigenvalue weighted by atomic mass is 10.1. The summed E-state index contributed by atoms with van der Waals surface area (Å²) in [4.78, 5) is 28.9. The van der Waals surface area contributed by atoms with E-state index in [0.717, 1.165) is 34.3 Å². The number of aryl methyl sites for hydroxylation is 1. The molecule has 6 nitrogen and oxygen atoms in total. The second kappa shape index (κ2) is 9.51. The van der Waals surface area contributed by atoms with E-state index >= 15 is 0 Å². The molecule has 3 aromatic rings. The molecule has 1 aliphatic heterocycles. The minimum atomic E-state index is -5.08. The fourth-order valence-corrected chi connectivity index (χ4v) is 3.84. The molecule has 32 heavy (non-hydrogen) atoms. The molecule has 0 aliphatic carbocycles. The average Bonchev–Trinajstić information content (AvgIpc) is 2.95. The molecule has 2 aromatic heterocycles. The molecule has 0 radical (unpaired) electrons. The SMILES string of the molecule is O=C(O)C(F)(F)F.O=C1NCCCc2[nH]c(-c3ccnc(-c4cccc(F)c4)c3)c(Br)c21. The van der Waals surface area contributed by atoms with Crippen LogP contribution in [0.2, 0.25) is 0 Å². The Morgan fingerprint density at radius 1 is 1.16 bits per heavy atom. The molecule has 168 valence electrons. The number of aromatic amines is 1. The maximum Gasteiger partial charge on any atom is 0.490 e. The number of benzene rings is 1. The molecular formula is C21H16BrF4N3O3. The van der Waals surface area contributed by atoms with E-state index < -0.39 is 12.1 Å². The van der Waals surface area contributed by atoms with Crippen molar-refractivity contribution in [1.82, 2.24) is 15.3 Å². The maximum atomic E-state index is 13.5. The quantitative estimate of drug-likeness (QED) is 0.422. The lowest BCUT2D eigenvalue weighted by molar-refractivity contribution is -0.192. The number of nitrogens with zero attached hydrogens (tertiary/aromatic N) is 1. The van der Waals surface area contributed by atoms with Crippen LogP contribution in [0.15, 0.2) is 47.1 Å². The molecule has 1 aliphatic rings. The topological polar surface area (TPSA) is 95.1 Å². The monoisotopic (exact) mass is 513 g/mol. The summed E-state index contributed by atoms with van der Waals surface area (Å²) >= 11 is 3.57. The molecule has 3 N–H and O–H groups in total. The molecule has 0 atom stereocenters. The van der Waals surface area contributed by atoms with Gasteiger partial charge in [0.2, 0.25) is 0 Å². The Labute approximate surface area is 187 Å². The van der Waals surface area contributed by atoms with Crippen LogP contribution in [-0.4, -0.2) is 39.7 Å². The fraction of sp³-hybridized carbons (Fsp3) is 0.190. The largest absolute Gasteiger partial charge is 0.490 e. The van der Waals surface area contributed by atoms with Gasteiger partial charge >= 0.3 is 12.1 Å². The highest BCUT2D eigenvalue weighted by molar-refractivity contribution is 9.10. The second-order valence-corrected chi connectivity index (χ2v) is 7.56. The summed E-state index contributed by atoms with van der Waals surface area (Å²) in [5.41, 5.74) is 4.71. The minimum absolute atomic E-state index is 0.0683. The third kappa shape index (κ3) is 5.34. The van der Waals surface area contributed by atoms with Gasteiger partial charge in [0.05, 0.1) is 21.4 Å². The number of H-pyrrole nitrogens is 1. The Bertz CT molecular complexity index is 1160. The average molecular weight is 514 g/mol. The highest BCUT2D eigenvalue weighted by atomic mass is 79.9. The predicted molar refractivity (Wildman–Crippen MR) is 111 cm³/mol. The van der Waals surface area contributed by atoms with E-state index in [1.54, 1.807) is 12.3 Å². The number of halogens is 5. The first kappa shape index (κ1) is 23.5. The van der Waals surface area contributed by atoms with E-state index in [-0.39, 0.29) is 11.7 Å². The summed E-state index contributed by atoms with van der Waals surface area (Å²) in [6.45, 7) is 0.683. The van der Waals surface area contributed by atoms with Crippen LogP contribution in [0, 0.1) is 5.82 Å². The van der Waals surface area contributed by atoms with Gasteiger partial charge < -0.3 is 15.4 Å². The number of alkyl halides is 3. The maximum absolute atomic E-state index is 13.5. The van der Waals surface area contributed by atoms with Crippen molar-refractivity contribution in [2.45, 2.75) is 19.0 Å². The van der Waals surface area contributed by atoms with Gasteiger partial charge in [0.25, 0.3) is 5.91 Å². The van der Waals surface area contributed by atoms with Crippen LogP contribution < -0.4 is 5.32 Å². The number of amides is 1. The third-order valence-electron chi connectivity index (χ3n) is 4.54. The van der Waals surface area contributed by atoms with Crippen molar-refractivity contribution in [1.29, 1.82) is 0 Å². The van der Waals surface area contributed by atoms with Crippen LogP contribution in [0.5, 0.6) is 0 Å². The van der Waals surface area contributed by atoms with E-state index in [9.17, 15) is 22.4 Å². The number of hydrogen-bond donors (Lipinski definition) is 3. The first-order valence-corrected chi connectivity index (χ1v) is 10.1. The van der Waals surface area contributed by atoms with Gasteiger partial charge in [-0.3, -0.25) is 9.78 Å². The number of carbonyl (C=O) groups is 2. The molecule has 1 aromatic carbocycles. The lowest BCUT2D eigenvalue weighted by Gasteiger charge is -2.05. The Morgan fingerprint density at radius 2 is 1.88 bits per heavy atom. The normalized spacial score (nSPS) is 13.3. The molecule has 0 bridgehead atoms. The van der Waals surface area contributed by atoms with Gasteiger partial charge in [0, 0.05) is 29.6 Å². The highest BCUT2D eigenvalue weighted by Gasteiger charge is 2.38. The summed E-state index contributed by atoms with van der Waals surface area (Å²) in [5.74, 6) is -3.12. The zero-order valence-corrected chi connectivity index (χ0v) is 17.8. The van der Waals surface area contributed by atoms with Gasteiger partial charge in [-0.2, -0.15) is 13.2 Å². The van der Waals surface area contributed by atoms with Gasteiger partial charge in [-0.25, -0.2) is 9.18 Å². The molecule has 3 heterocycles. The van der Waals surface area contributed by atoms with Crippen molar-refractivity contribution in [3.63, 3.8) is 0 Å². The van der Waals surface area contributed by atoms with Crippen molar-refractivity contribution >= 4 is 27.8 Å². The van der Waals surface area contributed by atoms with Gasteiger partial charge in [-0.15, -0.1) is 0 Å². The number of rotatable bonds is 2. The van der Waals surface area contributed by atoms with E-state index in [1.807, 2.05) is 18.2 Å². The van der Waals surface area contributed by atoms with Gasteiger partial charge in [-0.1, -0.05) is 12.1 Å². The van der Waals surface area contributed by atoms with Gasteiger partial charge in [0.15, 0.2) is 0 Å². The molecule has 11 heteroatoms. The summed E-state index contributed by atoms with van der Waals surface area (Å²) < 4.78 is 46.0. The van der Waals surface area contributed by atoms with Gasteiger partial charge in [-0.05, 0) is 53.0 Å². The number of nitrogens with one attached hydrogen (secondary N) is 2. The summed E-state index contributed by atoms with van der Waals surface area (Å²) in [7, 11) is 0. The standard InChI is InChI=1S/C19H15BrFN3O.C2HF3O2/c20-17-16-14(5-2-7-23-19(16)25)24-18(17)12-6-8-22-15(10-12)11-3-1-4-13(21)9-11;3-2(4,5)1(6)7/h1,3-4,6,8-10,24H,2,5,7H2,(H,23,25);(H,6,7). The fourth-order valence-electron chi connectivity index (χ4n) is 3.10. The molecule has 0 fully saturated rings. The third-order valence-corrected chi connectivity index (χ3v) is 5.34. The molecular weight excluding hydrogens is 498 g/mol. The number of carboxylic acids is 1. The summed E-state index contributed by atoms with van der Waals surface area (Å²) in [5, 5.41) is 10.0. The zero-order valence-electron chi connectivity index (χ0n) is 16.3. The van der Waals surface area contributed by atoms with E-state index in [1.165, 1.54) is 12.1 Å². The molecule has 0 saturated heterocycles.